The third kappa shape index (κ3) is 3.82. The summed E-state index contributed by atoms with van der Waals surface area (Å²) < 4.78 is 2.02. The number of halogens is 2. The topological polar surface area (TPSA) is 32.6 Å². The van der Waals surface area contributed by atoms with Crippen LogP contribution in [0.25, 0.3) is 5.65 Å². The highest BCUT2D eigenvalue weighted by molar-refractivity contribution is 6.30. The molecule has 0 aliphatic carbocycles. The largest absolute Gasteiger partial charge is 0.314 e. The van der Waals surface area contributed by atoms with Crippen LogP contribution in [0.3, 0.4) is 0 Å². The number of likely N-dealkylation sites (tertiary alicyclic amines) is 1. The van der Waals surface area contributed by atoms with Crippen LogP contribution < -0.4 is 5.32 Å². The van der Waals surface area contributed by atoms with Crippen molar-refractivity contribution in [2.45, 2.75) is 38.3 Å². The lowest BCUT2D eigenvalue weighted by Gasteiger charge is -2.34. The zero-order valence-corrected chi connectivity index (χ0v) is 14.8. The van der Waals surface area contributed by atoms with Crippen LogP contribution in [0, 0.1) is 5.92 Å². The Balaban J connectivity index is 0.00000156. The lowest BCUT2D eigenvalue weighted by Crippen LogP contribution is -2.40. The lowest BCUT2D eigenvalue weighted by atomic mass is 9.88. The molecule has 0 aromatic carbocycles. The average molecular weight is 355 g/mol. The van der Waals surface area contributed by atoms with Crippen LogP contribution in [0.5, 0.6) is 0 Å². The minimum atomic E-state index is 0. The Bertz CT molecular complexity index is 643. The molecular formula is C17H24Cl2N4. The second kappa shape index (κ2) is 7.39. The molecule has 2 aromatic heterocycles. The molecule has 4 heterocycles. The Hall–Kier alpha value is -0.810. The number of aromatic nitrogens is 2. The quantitative estimate of drug-likeness (QED) is 0.916. The number of nitrogens with one attached hydrogen (secondary N) is 1. The van der Waals surface area contributed by atoms with Crippen molar-refractivity contribution in [1.29, 1.82) is 0 Å². The summed E-state index contributed by atoms with van der Waals surface area (Å²) in [5, 5.41) is 4.42. The number of pyridine rings is 1. The average Bonchev–Trinajstić information content (AvgIpc) is 3.16. The maximum atomic E-state index is 6.03. The van der Waals surface area contributed by atoms with Gasteiger partial charge in [0.25, 0.3) is 0 Å². The predicted molar refractivity (Wildman–Crippen MR) is 96.5 cm³/mol. The van der Waals surface area contributed by atoms with Gasteiger partial charge in [-0.3, -0.25) is 4.90 Å². The highest BCUT2D eigenvalue weighted by Gasteiger charge is 2.28. The molecule has 4 nitrogen and oxygen atoms in total. The maximum absolute atomic E-state index is 6.03. The molecule has 6 heteroatoms. The number of nitrogens with zero attached hydrogens (tertiary/aromatic N) is 3. The second-order valence-electron chi connectivity index (χ2n) is 6.66. The van der Waals surface area contributed by atoms with Gasteiger partial charge in [-0.25, -0.2) is 4.98 Å². The molecule has 2 aromatic rings. The van der Waals surface area contributed by atoms with Gasteiger partial charge in [0.05, 0.1) is 10.7 Å². The first-order valence-electron chi connectivity index (χ1n) is 8.37. The summed E-state index contributed by atoms with van der Waals surface area (Å²) in [5.41, 5.74) is 2.11. The summed E-state index contributed by atoms with van der Waals surface area (Å²) in [5.74, 6) is 0.874. The fourth-order valence-electron chi connectivity index (χ4n) is 3.95. The molecule has 1 unspecified atom stereocenters. The van der Waals surface area contributed by atoms with E-state index in [4.69, 9.17) is 16.6 Å². The number of hydrogen-bond acceptors (Lipinski definition) is 3. The molecule has 0 amide bonds. The summed E-state index contributed by atoms with van der Waals surface area (Å²) in [6.07, 6.45) is 9.39. The Morgan fingerprint density at radius 3 is 2.74 bits per heavy atom. The van der Waals surface area contributed by atoms with Gasteiger partial charge >= 0.3 is 0 Å². The fraction of sp³-hybridized carbons (Fsp3) is 0.588. The molecule has 2 saturated heterocycles. The van der Waals surface area contributed by atoms with Crippen LogP contribution >= 0.6 is 24.0 Å². The minimum Gasteiger partial charge on any atom is -0.314 e. The number of imidazole rings is 1. The van der Waals surface area contributed by atoms with E-state index in [1.165, 1.54) is 45.3 Å². The van der Waals surface area contributed by atoms with E-state index in [2.05, 4.69) is 16.4 Å². The van der Waals surface area contributed by atoms with Gasteiger partial charge in [-0.05, 0) is 63.4 Å². The zero-order valence-electron chi connectivity index (χ0n) is 13.2. The molecule has 2 fully saturated rings. The van der Waals surface area contributed by atoms with Crippen molar-refractivity contribution in [2.75, 3.05) is 19.6 Å². The molecule has 23 heavy (non-hydrogen) atoms. The van der Waals surface area contributed by atoms with Crippen LogP contribution in [0.1, 0.15) is 31.4 Å². The molecule has 2 aliphatic rings. The summed E-state index contributed by atoms with van der Waals surface area (Å²) in [6.45, 7) is 4.55. The normalized spacial score (nSPS) is 23.3. The van der Waals surface area contributed by atoms with Gasteiger partial charge < -0.3 is 9.72 Å². The first-order chi connectivity index (χ1) is 10.8. The molecule has 2 aliphatic heterocycles. The van der Waals surface area contributed by atoms with E-state index < -0.39 is 0 Å². The van der Waals surface area contributed by atoms with Crippen LogP contribution in [0.15, 0.2) is 24.5 Å². The molecule has 0 radical (unpaired) electrons. The summed E-state index contributed by atoms with van der Waals surface area (Å²) in [6, 6.07) is 4.65. The molecule has 0 spiro atoms. The molecular weight excluding hydrogens is 331 g/mol. The second-order valence-corrected chi connectivity index (χ2v) is 7.10. The fourth-order valence-corrected chi connectivity index (χ4v) is 4.12. The smallest absolute Gasteiger partial charge is 0.137 e. The Labute approximate surface area is 148 Å². The van der Waals surface area contributed by atoms with Crippen LogP contribution in [0.4, 0.5) is 0 Å². The van der Waals surface area contributed by atoms with Gasteiger partial charge in [-0.2, -0.15) is 0 Å². The Morgan fingerprint density at radius 2 is 2.00 bits per heavy atom. The van der Waals surface area contributed by atoms with Gasteiger partial charge in [0.1, 0.15) is 5.65 Å². The molecule has 4 rings (SSSR count). The minimum absolute atomic E-state index is 0. The van der Waals surface area contributed by atoms with E-state index in [0.717, 1.165) is 34.9 Å². The molecule has 0 bridgehead atoms. The van der Waals surface area contributed by atoms with Crippen LogP contribution in [-0.2, 0) is 6.54 Å². The van der Waals surface area contributed by atoms with E-state index >= 15 is 0 Å². The Morgan fingerprint density at radius 1 is 1.17 bits per heavy atom. The van der Waals surface area contributed by atoms with E-state index in [9.17, 15) is 0 Å². The third-order valence-corrected chi connectivity index (χ3v) is 5.37. The van der Waals surface area contributed by atoms with Crippen LogP contribution in [-0.4, -0.2) is 40.0 Å². The number of fused-ring (bicyclic) bond motifs is 1. The van der Waals surface area contributed by atoms with E-state index in [0.29, 0.717) is 0 Å². The lowest BCUT2D eigenvalue weighted by molar-refractivity contribution is 0.156. The molecule has 126 valence electrons. The van der Waals surface area contributed by atoms with Crippen molar-refractivity contribution in [1.82, 2.24) is 19.6 Å². The molecule has 1 atom stereocenters. The monoisotopic (exact) mass is 354 g/mol. The maximum Gasteiger partial charge on any atom is 0.137 e. The number of rotatable bonds is 3. The van der Waals surface area contributed by atoms with E-state index in [1.807, 2.05) is 22.7 Å². The van der Waals surface area contributed by atoms with Gasteiger partial charge in [0.15, 0.2) is 0 Å². The summed E-state index contributed by atoms with van der Waals surface area (Å²) in [4.78, 5) is 7.23. The predicted octanol–water partition coefficient (Wildman–Crippen LogP) is 3.37. The highest BCUT2D eigenvalue weighted by Crippen LogP contribution is 2.26. The van der Waals surface area contributed by atoms with Gasteiger partial charge in [0.2, 0.25) is 0 Å². The van der Waals surface area contributed by atoms with Crippen molar-refractivity contribution < 1.29 is 0 Å². The van der Waals surface area contributed by atoms with Crippen molar-refractivity contribution in [3.05, 3.63) is 35.2 Å². The van der Waals surface area contributed by atoms with Gasteiger partial charge in [0, 0.05) is 25.0 Å². The van der Waals surface area contributed by atoms with Gasteiger partial charge in [-0.15, -0.1) is 12.4 Å². The first kappa shape index (κ1) is 17.0. The molecule has 0 saturated carbocycles. The van der Waals surface area contributed by atoms with Crippen LogP contribution in [0.2, 0.25) is 5.02 Å². The summed E-state index contributed by atoms with van der Waals surface area (Å²) in [7, 11) is 0. The first-order valence-corrected chi connectivity index (χ1v) is 8.74. The van der Waals surface area contributed by atoms with Crippen molar-refractivity contribution in [3.8, 4) is 0 Å². The van der Waals surface area contributed by atoms with E-state index in [-0.39, 0.29) is 12.4 Å². The Kier molecular flexibility index (Phi) is 5.47. The third-order valence-electron chi connectivity index (χ3n) is 5.15. The molecule has 1 N–H and O–H groups in total. The van der Waals surface area contributed by atoms with E-state index in [1.54, 1.807) is 0 Å². The summed E-state index contributed by atoms with van der Waals surface area (Å²) >= 11 is 6.03. The number of piperidine rings is 1. The highest BCUT2D eigenvalue weighted by atomic mass is 35.5. The van der Waals surface area contributed by atoms with Crippen molar-refractivity contribution in [2.24, 2.45) is 5.92 Å². The zero-order chi connectivity index (χ0) is 14.9. The van der Waals surface area contributed by atoms with Crippen molar-refractivity contribution in [3.63, 3.8) is 0 Å². The number of hydrogen-bond donors (Lipinski definition) is 1. The standard InChI is InChI=1S/C17H23ClN4.ClH/c18-14-3-4-17-20-15(12-22(17)10-14)11-21-8-5-13(6-9-21)16-2-1-7-19-16;/h3-4,10,12-13,16,19H,1-2,5-9,11H2;1H. The SMILES string of the molecule is Cl.Clc1ccc2nc(CN3CCC(C4CCCN4)CC3)cn2c1. The van der Waals surface area contributed by atoms with Crippen molar-refractivity contribution >= 4 is 29.7 Å². The van der Waals surface area contributed by atoms with Gasteiger partial charge in [-0.1, -0.05) is 11.6 Å².